The summed E-state index contributed by atoms with van der Waals surface area (Å²) in [6.45, 7) is 4.58. The van der Waals surface area contributed by atoms with Crippen LogP contribution in [-0.4, -0.2) is 33.1 Å². The second kappa shape index (κ2) is 12.1. The Bertz CT molecular complexity index is 558. The summed E-state index contributed by atoms with van der Waals surface area (Å²) in [6.07, 6.45) is 5.84. The third kappa shape index (κ3) is 7.21. The van der Waals surface area contributed by atoms with Crippen LogP contribution in [0.3, 0.4) is 0 Å². The van der Waals surface area contributed by atoms with Gasteiger partial charge in [-0.25, -0.2) is 17.6 Å². The largest absolute Gasteiger partial charge is 0.545 e. The van der Waals surface area contributed by atoms with Gasteiger partial charge < -0.3 is 19.8 Å². The zero-order valence-electron chi connectivity index (χ0n) is 13.9. The summed E-state index contributed by atoms with van der Waals surface area (Å²) in [5, 5.41) is 20.5. The quantitative estimate of drug-likeness (QED) is 0.192. The monoisotopic (exact) mass is 470 g/mol. The Morgan fingerprint density at radius 3 is 1.32 bits per heavy atom. The molecule has 0 aliphatic rings. The number of benzene rings is 1. The Balaban J connectivity index is 0.000000547. The second-order valence-electron chi connectivity index (χ2n) is 5.04. The third-order valence-corrected chi connectivity index (χ3v) is 7.13. The number of hydrogen-bond donors (Lipinski definition) is 0. The van der Waals surface area contributed by atoms with E-state index >= 15 is 0 Å². The molecule has 0 amide bonds. The molecule has 0 heterocycles. The molecule has 0 aliphatic carbocycles. The predicted octanol–water partition coefficient (Wildman–Crippen LogP) is 2.10. The molecule has 0 unspecified atom stereocenters. The molecule has 4 nitrogen and oxygen atoms in total. The molecule has 0 atom stereocenters. The van der Waals surface area contributed by atoms with Gasteiger partial charge in [0.2, 0.25) is 0 Å². The van der Waals surface area contributed by atoms with Crippen molar-refractivity contribution in [2.24, 2.45) is 0 Å². The molecular weight excluding hydrogens is 451 g/mol. The fourth-order valence-electron chi connectivity index (χ4n) is 1.74. The van der Waals surface area contributed by atoms with E-state index < -0.39 is 46.3 Å². The smallest absolute Gasteiger partial charge is 0.198 e. The number of unbranched alkanes of at least 4 members (excludes halogenated alkanes) is 2. The average Bonchev–Trinajstić information content (AvgIpc) is 2.55. The molecule has 0 aromatic heterocycles. The summed E-state index contributed by atoms with van der Waals surface area (Å²) in [5.74, 6) is -14.6. The molecule has 1 aromatic rings. The zero-order valence-corrected chi connectivity index (χ0v) is 16.7. The fraction of sp³-hybridized carbons (Fsp3) is 0.500. The van der Waals surface area contributed by atoms with Crippen LogP contribution in [0.25, 0.3) is 0 Å². The van der Waals surface area contributed by atoms with Gasteiger partial charge in [-0.3, -0.25) is 0 Å². The molecule has 9 heteroatoms. The molecule has 25 heavy (non-hydrogen) atoms. The standard InChI is InChI=1S/C8H2F4O4.2C4H9.Sn/c9-3-1(7(13)14)2(8(15)16)4(10)6(12)5(3)11;2*1-3-4-2;/h(H,13,14)(H,15,16);2*1,3-4H2,2H3;/q;;;+2/p-2. The molecule has 0 saturated carbocycles. The Labute approximate surface area is 153 Å². The number of aromatic carboxylic acids is 2. The van der Waals surface area contributed by atoms with Crippen molar-refractivity contribution in [3.8, 4) is 0 Å². The van der Waals surface area contributed by atoms with Crippen molar-refractivity contribution in [1.29, 1.82) is 0 Å². The van der Waals surface area contributed by atoms with E-state index in [0.29, 0.717) is 0 Å². The average molecular weight is 469 g/mol. The van der Waals surface area contributed by atoms with E-state index in [-0.39, 0.29) is 21.1 Å². The second-order valence-corrected chi connectivity index (χ2v) is 9.32. The summed E-state index contributed by atoms with van der Waals surface area (Å²) in [4.78, 5) is 20.5. The molecule has 0 fully saturated rings. The van der Waals surface area contributed by atoms with Gasteiger partial charge in [0.25, 0.3) is 0 Å². The van der Waals surface area contributed by atoms with Crippen molar-refractivity contribution in [1.82, 2.24) is 0 Å². The third-order valence-electron chi connectivity index (χ3n) is 3.09. The van der Waals surface area contributed by atoms with Crippen molar-refractivity contribution >= 4 is 33.1 Å². The number of halogens is 4. The van der Waals surface area contributed by atoms with Gasteiger partial charge in [-0.2, -0.15) is 0 Å². The number of carbonyl (C=O) groups excluding carboxylic acids is 2. The molecule has 0 N–H and O–H groups in total. The molecule has 1 rings (SSSR count). The van der Waals surface area contributed by atoms with E-state index in [9.17, 15) is 37.4 Å². The van der Waals surface area contributed by atoms with Crippen LogP contribution in [-0.2, 0) is 0 Å². The first kappa shape index (κ1) is 23.7. The topological polar surface area (TPSA) is 80.3 Å². The van der Waals surface area contributed by atoms with E-state index in [1.54, 1.807) is 8.87 Å². The molecule has 138 valence electrons. The van der Waals surface area contributed by atoms with Gasteiger partial charge in [0.05, 0.1) is 11.9 Å². The molecule has 0 radical (unpaired) electrons. The Hall–Kier alpha value is -1.32. The van der Waals surface area contributed by atoms with Crippen molar-refractivity contribution in [2.75, 3.05) is 0 Å². The first-order chi connectivity index (χ1) is 11.7. The summed E-state index contributed by atoms with van der Waals surface area (Å²) >= 11 is 0.149. The maximum atomic E-state index is 12.8. The minimum Gasteiger partial charge on any atom is -0.545 e. The van der Waals surface area contributed by atoms with Crippen LogP contribution in [0.5, 0.6) is 0 Å². The minimum atomic E-state index is -2.51. The maximum Gasteiger partial charge on any atom is 0.198 e. The van der Waals surface area contributed by atoms with Gasteiger partial charge in [0, 0.05) is 11.1 Å². The fourth-order valence-corrected chi connectivity index (χ4v) is 5.90. The van der Waals surface area contributed by atoms with E-state index in [1.807, 2.05) is 0 Å². The molecular formula is C16H18F4O4Sn. The number of carboxylic acids is 2. The Kier molecular flexibility index (Phi) is 11.5. The molecule has 0 bridgehead atoms. The van der Waals surface area contributed by atoms with E-state index in [4.69, 9.17) is 0 Å². The van der Waals surface area contributed by atoms with Crippen molar-refractivity contribution in [3.63, 3.8) is 0 Å². The van der Waals surface area contributed by atoms with Crippen LogP contribution >= 0.6 is 0 Å². The van der Waals surface area contributed by atoms with Crippen LogP contribution in [0.4, 0.5) is 17.6 Å². The SMILES string of the molecule is CCC[CH2][Sn+2][CH2]CCC.O=C([O-])c1c(F)c(F)c(F)c(F)c1C(=O)[O-]. The predicted molar refractivity (Wildman–Crippen MR) is 80.1 cm³/mol. The van der Waals surface area contributed by atoms with Crippen molar-refractivity contribution in [3.05, 3.63) is 34.4 Å². The van der Waals surface area contributed by atoms with Gasteiger partial charge >= 0.3 is 69.5 Å². The van der Waals surface area contributed by atoms with E-state index in [2.05, 4.69) is 13.8 Å². The van der Waals surface area contributed by atoms with Crippen LogP contribution in [0.2, 0.25) is 8.87 Å². The van der Waals surface area contributed by atoms with Gasteiger partial charge in [-0.05, 0) is 0 Å². The first-order valence-electron chi connectivity index (χ1n) is 7.69. The summed E-state index contributed by atoms with van der Waals surface area (Å²) in [5.41, 5.74) is -3.87. The van der Waals surface area contributed by atoms with Crippen molar-refractivity contribution < 1.29 is 37.4 Å². The van der Waals surface area contributed by atoms with Gasteiger partial charge in [-0.15, -0.1) is 0 Å². The summed E-state index contributed by atoms with van der Waals surface area (Å²) in [6, 6.07) is 0. The van der Waals surface area contributed by atoms with Crippen LogP contribution in [0, 0.1) is 23.3 Å². The molecule has 1 aromatic carbocycles. The van der Waals surface area contributed by atoms with Crippen LogP contribution < -0.4 is 10.2 Å². The van der Waals surface area contributed by atoms with Crippen LogP contribution in [0.15, 0.2) is 0 Å². The Morgan fingerprint density at radius 2 is 1.08 bits per heavy atom. The maximum absolute atomic E-state index is 12.8. The Morgan fingerprint density at radius 1 is 0.760 bits per heavy atom. The number of carboxylic acid groups (broad SMARTS) is 2. The molecule has 0 saturated heterocycles. The minimum absolute atomic E-state index is 0.149. The van der Waals surface area contributed by atoms with Gasteiger partial charge in [-0.1, -0.05) is 0 Å². The summed E-state index contributed by atoms with van der Waals surface area (Å²) in [7, 11) is 0. The zero-order chi connectivity index (χ0) is 19.6. The molecule has 0 spiro atoms. The molecule has 0 aliphatic heterocycles. The van der Waals surface area contributed by atoms with Crippen molar-refractivity contribution in [2.45, 2.75) is 48.4 Å². The van der Waals surface area contributed by atoms with Crippen LogP contribution in [0.1, 0.15) is 60.2 Å². The van der Waals surface area contributed by atoms with Gasteiger partial charge in [0.15, 0.2) is 23.3 Å². The van der Waals surface area contributed by atoms with E-state index in [0.717, 1.165) is 0 Å². The number of carbonyl (C=O) groups is 2. The summed E-state index contributed by atoms with van der Waals surface area (Å²) < 4.78 is 54.0. The van der Waals surface area contributed by atoms with E-state index in [1.165, 1.54) is 25.7 Å². The normalized spacial score (nSPS) is 9.84. The number of rotatable bonds is 8. The first-order valence-corrected chi connectivity index (χ1v) is 11.7. The van der Waals surface area contributed by atoms with Gasteiger partial charge in [0.1, 0.15) is 0 Å². The number of hydrogen-bond acceptors (Lipinski definition) is 4.